The van der Waals surface area contributed by atoms with Gasteiger partial charge in [-0.3, -0.25) is 9.78 Å². The molecule has 7 heteroatoms. The van der Waals surface area contributed by atoms with Crippen molar-refractivity contribution in [2.24, 2.45) is 0 Å². The van der Waals surface area contributed by atoms with Crippen LogP contribution in [-0.4, -0.2) is 42.9 Å². The third-order valence-corrected chi connectivity index (χ3v) is 5.28. The standard InChI is InChI=1S/C18H20N2O4S/c1-22-14-7-6-13(16(23-2)17(14)24-3)18-20(15(21)11-25-18)10-12-5-4-8-19-9-12/h4-9,18H,10-11H2,1-3H3. The summed E-state index contributed by atoms with van der Waals surface area (Å²) in [6, 6.07) is 7.59. The largest absolute Gasteiger partial charge is 0.493 e. The molecule has 1 fully saturated rings. The third kappa shape index (κ3) is 3.37. The summed E-state index contributed by atoms with van der Waals surface area (Å²) in [4.78, 5) is 18.4. The number of methoxy groups -OCH3 is 3. The number of pyridine rings is 1. The van der Waals surface area contributed by atoms with Crippen LogP contribution in [0, 0.1) is 0 Å². The van der Waals surface area contributed by atoms with E-state index in [2.05, 4.69) is 4.98 Å². The van der Waals surface area contributed by atoms with Crippen LogP contribution >= 0.6 is 11.8 Å². The van der Waals surface area contributed by atoms with Crippen LogP contribution in [0.4, 0.5) is 0 Å². The van der Waals surface area contributed by atoms with Gasteiger partial charge >= 0.3 is 0 Å². The number of amides is 1. The smallest absolute Gasteiger partial charge is 0.234 e. The lowest BCUT2D eigenvalue weighted by Gasteiger charge is -2.26. The molecule has 1 aliphatic rings. The summed E-state index contributed by atoms with van der Waals surface area (Å²) in [7, 11) is 4.75. The number of rotatable bonds is 6. The predicted octanol–water partition coefficient (Wildman–Crippen LogP) is 2.88. The van der Waals surface area contributed by atoms with E-state index >= 15 is 0 Å². The molecule has 0 radical (unpaired) electrons. The van der Waals surface area contributed by atoms with Crippen LogP contribution in [-0.2, 0) is 11.3 Å². The third-order valence-electron chi connectivity index (χ3n) is 4.04. The first kappa shape index (κ1) is 17.4. The fourth-order valence-electron chi connectivity index (χ4n) is 2.89. The number of thioether (sulfide) groups is 1. The predicted molar refractivity (Wildman–Crippen MR) is 96.1 cm³/mol. The molecule has 0 N–H and O–H groups in total. The Labute approximate surface area is 151 Å². The molecule has 1 atom stereocenters. The normalized spacial score (nSPS) is 16.8. The van der Waals surface area contributed by atoms with Crippen molar-refractivity contribution in [1.29, 1.82) is 0 Å². The number of ether oxygens (including phenoxy) is 3. The molecule has 2 heterocycles. The highest BCUT2D eigenvalue weighted by atomic mass is 32.2. The van der Waals surface area contributed by atoms with Gasteiger partial charge in [0.15, 0.2) is 11.5 Å². The number of hydrogen-bond acceptors (Lipinski definition) is 6. The molecule has 0 aliphatic carbocycles. The quantitative estimate of drug-likeness (QED) is 0.789. The van der Waals surface area contributed by atoms with Crippen LogP contribution in [0.2, 0.25) is 0 Å². The van der Waals surface area contributed by atoms with E-state index in [4.69, 9.17) is 14.2 Å². The molecule has 1 aliphatic heterocycles. The highest BCUT2D eigenvalue weighted by Crippen LogP contribution is 2.49. The molecule has 1 aromatic heterocycles. The van der Waals surface area contributed by atoms with Crippen molar-refractivity contribution >= 4 is 17.7 Å². The second-order valence-corrected chi connectivity index (χ2v) is 6.54. The van der Waals surface area contributed by atoms with Crippen LogP contribution in [0.5, 0.6) is 17.2 Å². The van der Waals surface area contributed by atoms with Gasteiger partial charge in [-0.1, -0.05) is 6.07 Å². The SMILES string of the molecule is COc1ccc(C2SCC(=O)N2Cc2cccnc2)c(OC)c1OC. The van der Waals surface area contributed by atoms with E-state index in [0.29, 0.717) is 29.5 Å². The minimum Gasteiger partial charge on any atom is -0.493 e. The van der Waals surface area contributed by atoms with Gasteiger partial charge in [0.1, 0.15) is 5.37 Å². The maximum absolute atomic E-state index is 12.4. The van der Waals surface area contributed by atoms with Gasteiger partial charge in [-0.15, -0.1) is 11.8 Å². The minimum atomic E-state index is -0.150. The highest BCUT2D eigenvalue weighted by molar-refractivity contribution is 8.00. The Balaban J connectivity index is 1.98. The number of aromatic nitrogens is 1. The first-order chi connectivity index (χ1) is 12.2. The molecule has 1 aromatic carbocycles. The summed E-state index contributed by atoms with van der Waals surface area (Å²) in [5, 5.41) is -0.150. The number of hydrogen-bond donors (Lipinski definition) is 0. The van der Waals surface area contributed by atoms with Gasteiger partial charge in [0.25, 0.3) is 0 Å². The zero-order chi connectivity index (χ0) is 17.8. The summed E-state index contributed by atoms with van der Waals surface area (Å²) < 4.78 is 16.4. The van der Waals surface area contributed by atoms with Crippen molar-refractivity contribution in [3.8, 4) is 17.2 Å². The minimum absolute atomic E-state index is 0.0932. The van der Waals surface area contributed by atoms with Gasteiger partial charge in [0.2, 0.25) is 11.7 Å². The Morgan fingerprint density at radius 1 is 1.16 bits per heavy atom. The zero-order valence-electron chi connectivity index (χ0n) is 14.4. The van der Waals surface area contributed by atoms with E-state index in [1.807, 2.05) is 29.2 Å². The van der Waals surface area contributed by atoms with Crippen molar-refractivity contribution in [2.75, 3.05) is 27.1 Å². The lowest BCUT2D eigenvalue weighted by molar-refractivity contribution is -0.128. The van der Waals surface area contributed by atoms with Crippen molar-refractivity contribution < 1.29 is 19.0 Å². The van der Waals surface area contributed by atoms with Gasteiger partial charge in [0.05, 0.1) is 27.1 Å². The van der Waals surface area contributed by atoms with Crippen molar-refractivity contribution in [1.82, 2.24) is 9.88 Å². The maximum Gasteiger partial charge on any atom is 0.234 e. The van der Waals surface area contributed by atoms with Crippen molar-refractivity contribution in [3.05, 3.63) is 47.8 Å². The van der Waals surface area contributed by atoms with Crippen LogP contribution in [0.3, 0.4) is 0 Å². The molecule has 6 nitrogen and oxygen atoms in total. The summed E-state index contributed by atoms with van der Waals surface area (Å²) >= 11 is 1.57. The summed E-state index contributed by atoms with van der Waals surface area (Å²) in [5.41, 5.74) is 1.88. The number of carbonyl (C=O) groups excluding carboxylic acids is 1. The molecule has 1 amide bonds. The van der Waals surface area contributed by atoms with Crippen molar-refractivity contribution in [3.63, 3.8) is 0 Å². The van der Waals surface area contributed by atoms with Gasteiger partial charge in [-0.2, -0.15) is 0 Å². The Kier molecular flexibility index (Phi) is 5.33. The fourth-order valence-corrected chi connectivity index (χ4v) is 4.09. The average Bonchev–Trinajstić information content (AvgIpc) is 3.01. The number of carbonyl (C=O) groups is 1. The Hall–Kier alpha value is -2.41. The monoisotopic (exact) mass is 360 g/mol. The van der Waals surface area contributed by atoms with Crippen LogP contribution in [0.15, 0.2) is 36.7 Å². The number of nitrogens with zero attached hydrogens (tertiary/aromatic N) is 2. The summed E-state index contributed by atoms with van der Waals surface area (Å²) in [6.07, 6.45) is 3.50. The average molecular weight is 360 g/mol. The molecular weight excluding hydrogens is 340 g/mol. The molecule has 132 valence electrons. The van der Waals surface area contributed by atoms with Crippen LogP contribution in [0.1, 0.15) is 16.5 Å². The molecule has 1 unspecified atom stereocenters. The number of benzene rings is 1. The molecule has 0 saturated carbocycles. The van der Waals surface area contributed by atoms with E-state index in [1.165, 1.54) is 0 Å². The summed E-state index contributed by atoms with van der Waals surface area (Å²) in [5.74, 6) is 2.24. The van der Waals surface area contributed by atoms with E-state index in [0.717, 1.165) is 11.1 Å². The lowest BCUT2D eigenvalue weighted by Crippen LogP contribution is -2.28. The van der Waals surface area contributed by atoms with E-state index in [1.54, 1.807) is 45.5 Å². The first-order valence-corrected chi connectivity index (χ1v) is 8.83. The first-order valence-electron chi connectivity index (χ1n) is 7.78. The summed E-state index contributed by atoms with van der Waals surface area (Å²) in [6.45, 7) is 0.502. The Morgan fingerprint density at radius 2 is 1.96 bits per heavy atom. The molecule has 3 rings (SSSR count). The van der Waals surface area contributed by atoms with Gasteiger partial charge < -0.3 is 19.1 Å². The molecule has 1 saturated heterocycles. The topological polar surface area (TPSA) is 60.9 Å². The second kappa shape index (κ2) is 7.65. The van der Waals surface area contributed by atoms with E-state index in [-0.39, 0.29) is 11.3 Å². The molecular formula is C18H20N2O4S. The van der Waals surface area contributed by atoms with Gasteiger partial charge in [0, 0.05) is 24.5 Å². The second-order valence-electron chi connectivity index (χ2n) is 5.47. The van der Waals surface area contributed by atoms with Crippen LogP contribution in [0.25, 0.3) is 0 Å². The zero-order valence-corrected chi connectivity index (χ0v) is 15.2. The van der Waals surface area contributed by atoms with E-state index < -0.39 is 0 Å². The van der Waals surface area contributed by atoms with Crippen molar-refractivity contribution in [2.45, 2.75) is 11.9 Å². The van der Waals surface area contributed by atoms with Gasteiger partial charge in [-0.25, -0.2) is 0 Å². The molecule has 2 aromatic rings. The fraction of sp³-hybridized carbons (Fsp3) is 0.333. The lowest BCUT2D eigenvalue weighted by atomic mass is 10.1. The molecule has 25 heavy (non-hydrogen) atoms. The maximum atomic E-state index is 12.4. The van der Waals surface area contributed by atoms with Crippen LogP contribution < -0.4 is 14.2 Å². The Bertz CT molecular complexity index is 754. The Morgan fingerprint density at radius 3 is 2.60 bits per heavy atom. The van der Waals surface area contributed by atoms with E-state index in [9.17, 15) is 4.79 Å². The molecule has 0 spiro atoms. The van der Waals surface area contributed by atoms with Gasteiger partial charge in [-0.05, 0) is 23.8 Å². The molecule has 0 bridgehead atoms. The highest BCUT2D eigenvalue weighted by Gasteiger charge is 2.36.